The third kappa shape index (κ3) is 3.92. The van der Waals surface area contributed by atoms with Gasteiger partial charge in [0.15, 0.2) is 11.8 Å². The lowest BCUT2D eigenvalue weighted by molar-refractivity contribution is -0.160. The van der Waals surface area contributed by atoms with Crippen LogP contribution in [-0.2, 0) is 15.7 Å². The van der Waals surface area contributed by atoms with Gasteiger partial charge in [-0.3, -0.25) is 4.79 Å². The van der Waals surface area contributed by atoms with Gasteiger partial charge in [-0.2, -0.15) is 13.2 Å². The summed E-state index contributed by atoms with van der Waals surface area (Å²) in [6, 6.07) is 4.77. The Balaban J connectivity index is 1.86. The molecule has 1 unspecified atom stereocenters. The second-order valence-electron chi connectivity index (χ2n) is 6.05. The van der Waals surface area contributed by atoms with Crippen molar-refractivity contribution < 1.29 is 32.6 Å². The highest BCUT2D eigenvalue weighted by atomic mass is 19.4. The highest BCUT2D eigenvalue weighted by Gasteiger charge is 2.36. The lowest BCUT2D eigenvalue weighted by Crippen LogP contribution is -2.51. The monoisotopic (exact) mass is 384 g/mol. The molecular formula is C16H15F3N4O4. The number of carbonyl (C=O) groups excluding carboxylic acids is 1. The van der Waals surface area contributed by atoms with Gasteiger partial charge in [0.05, 0.1) is 30.1 Å². The lowest BCUT2D eigenvalue weighted by Gasteiger charge is -2.34. The number of ether oxygens (including phenoxy) is 1. The molecule has 1 aromatic heterocycles. The maximum absolute atomic E-state index is 13.1. The number of aromatic nitrogens is 3. The molecule has 1 amide bonds. The quantitative estimate of drug-likeness (QED) is 0.863. The molecule has 2 atom stereocenters. The van der Waals surface area contributed by atoms with Crippen molar-refractivity contribution in [3.63, 3.8) is 0 Å². The summed E-state index contributed by atoms with van der Waals surface area (Å²) < 4.78 is 45.5. The Morgan fingerprint density at radius 3 is 2.63 bits per heavy atom. The Kier molecular flexibility index (Phi) is 4.87. The second-order valence-corrected chi connectivity index (χ2v) is 6.05. The molecule has 0 bridgehead atoms. The number of hydrogen-bond acceptors (Lipinski definition) is 5. The van der Waals surface area contributed by atoms with Gasteiger partial charge in [0.2, 0.25) is 0 Å². The van der Waals surface area contributed by atoms with E-state index in [2.05, 4.69) is 10.3 Å². The third-order valence-corrected chi connectivity index (χ3v) is 3.99. The van der Waals surface area contributed by atoms with Crippen LogP contribution >= 0.6 is 0 Å². The van der Waals surface area contributed by atoms with Gasteiger partial charge in [0, 0.05) is 6.54 Å². The second kappa shape index (κ2) is 6.99. The van der Waals surface area contributed by atoms with Crippen LogP contribution in [0.1, 0.15) is 23.0 Å². The number of rotatable bonds is 3. The van der Waals surface area contributed by atoms with Crippen LogP contribution in [0.2, 0.25) is 0 Å². The Morgan fingerprint density at radius 2 is 1.96 bits per heavy atom. The number of morpholine rings is 1. The van der Waals surface area contributed by atoms with E-state index in [0.29, 0.717) is 0 Å². The van der Waals surface area contributed by atoms with Gasteiger partial charge >= 0.3 is 12.1 Å². The minimum atomic E-state index is -4.60. The van der Waals surface area contributed by atoms with E-state index in [1.165, 1.54) is 23.1 Å². The van der Waals surface area contributed by atoms with Crippen LogP contribution < -0.4 is 0 Å². The molecular weight excluding hydrogens is 369 g/mol. The number of amides is 1. The van der Waals surface area contributed by atoms with Gasteiger partial charge in [0.1, 0.15) is 0 Å². The van der Waals surface area contributed by atoms with Crippen LogP contribution in [0.4, 0.5) is 13.2 Å². The summed E-state index contributed by atoms with van der Waals surface area (Å²) in [4.78, 5) is 24.9. The molecule has 0 saturated carbocycles. The minimum absolute atomic E-state index is 0.134. The van der Waals surface area contributed by atoms with Crippen LogP contribution in [0.15, 0.2) is 30.5 Å². The van der Waals surface area contributed by atoms with Gasteiger partial charge in [-0.25, -0.2) is 9.48 Å². The number of halogens is 3. The van der Waals surface area contributed by atoms with Crippen molar-refractivity contribution >= 4 is 11.9 Å². The lowest BCUT2D eigenvalue weighted by atomic mass is 10.1. The molecule has 0 radical (unpaired) electrons. The van der Waals surface area contributed by atoms with E-state index in [9.17, 15) is 22.8 Å². The summed E-state index contributed by atoms with van der Waals surface area (Å²) in [5, 5.41) is 16.4. The van der Waals surface area contributed by atoms with Crippen molar-refractivity contribution in [2.45, 2.75) is 25.3 Å². The van der Waals surface area contributed by atoms with Gasteiger partial charge in [-0.05, 0) is 19.1 Å². The number of benzene rings is 1. The molecule has 144 valence electrons. The highest BCUT2D eigenvalue weighted by Crippen LogP contribution is 2.33. The summed E-state index contributed by atoms with van der Waals surface area (Å²) in [6.07, 6.45) is -5.20. The first-order valence-electron chi connectivity index (χ1n) is 7.93. The fraction of sp³-hybridized carbons (Fsp3) is 0.375. The maximum atomic E-state index is 13.1. The van der Waals surface area contributed by atoms with E-state index < -0.39 is 35.8 Å². The fourth-order valence-electron chi connectivity index (χ4n) is 2.81. The summed E-state index contributed by atoms with van der Waals surface area (Å²) in [7, 11) is 0. The molecule has 3 rings (SSSR count). The van der Waals surface area contributed by atoms with E-state index in [1.807, 2.05) is 0 Å². The van der Waals surface area contributed by atoms with Crippen molar-refractivity contribution in [1.82, 2.24) is 19.9 Å². The van der Waals surface area contributed by atoms with E-state index in [-0.39, 0.29) is 24.5 Å². The predicted molar refractivity (Wildman–Crippen MR) is 84.2 cm³/mol. The van der Waals surface area contributed by atoms with Gasteiger partial charge in [-0.1, -0.05) is 17.3 Å². The molecule has 11 heteroatoms. The molecule has 0 spiro atoms. The Bertz CT molecular complexity index is 867. The van der Waals surface area contributed by atoms with Gasteiger partial charge < -0.3 is 14.7 Å². The number of aliphatic carboxylic acids is 1. The number of carboxylic acid groups (broad SMARTS) is 1. The van der Waals surface area contributed by atoms with Crippen LogP contribution in [0.25, 0.3) is 5.69 Å². The average Bonchev–Trinajstić information content (AvgIpc) is 3.09. The average molecular weight is 384 g/mol. The Labute approximate surface area is 151 Å². The number of carbonyl (C=O) groups is 2. The molecule has 2 heterocycles. The first-order valence-corrected chi connectivity index (χ1v) is 7.93. The van der Waals surface area contributed by atoms with Crippen molar-refractivity contribution in [1.29, 1.82) is 0 Å². The van der Waals surface area contributed by atoms with Crippen molar-refractivity contribution in [2.24, 2.45) is 0 Å². The summed E-state index contributed by atoms with van der Waals surface area (Å²) in [5.41, 5.74) is -1.37. The zero-order valence-electron chi connectivity index (χ0n) is 14.1. The van der Waals surface area contributed by atoms with Crippen LogP contribution in [0, 0.1) is 0 Å². The van der Waals surface area contributed by atoms with Gasteiger partial charge in [0.25, 0.3) is 5.91 Å². The largest absolute Gasteiger partial charge is 0.479 e. The summed E-state index contributed by atoms with van der Waals surface area (Å²) >= 11 is 0. The zero-order chi connectivity index (χ0) is 19.8. The number of carboxylic acids is 1. The zero-order valence-corrected chi connectivity index (χ0v) is 14.1. The molecule has 1 aliphatic rings. The van der Waals surface area contributed by atoms with Crippen LogP contribution in [0.5, 0.6) is 0 Å². The maximum Gasteiger partial charge on any atom is 0.418 e. The molecule has 1 aromatic carbocycles. The molecule has 8 nitrogen and oxygen atoms in total. The Hall–Kier alpha value is -2.95. The minimum Gasteiger partial charge on any atom is -0.479 e. The number of nitrogens with zero attached hydrogens (tertiary/aromatic N) is 4. The van der Waals surface area contributed by atoms with E-state index in [0.717, 1.165) is 16.9 Å². The summed E-state index contributed by atoms with van der Waals surface area (Å²) in [6.45, 7) is 1.56. The third-order valence-electron chi connectivity index (χ3n) is 3.99. The molecule has 1 N–H and O–H groups in total. The van der Waals surface area contributed by atoms with E-state index >= 15 is 0 Å². The molecule has 1 aliphatic heterocycles. The smallest absolute Gasteiger partial charge is 0.418 e. The van der Waals surface area contributed by atoms with Crippen LogP contribution in [-0.4, -0.2) is 62.2 Å². The standard InChI is InChI=1S/C16H15F3N4O4/c1-9-6-22(8-13(27-9)15(25)26)14(24)11-7-23(21-20-11)12-5-3-2-4-10(12)16(17,18)19/h2-5,7,9,13H,6,8H2,1H3,(H,25,26)/t9-,13?/m1/s1. The normalized spacial score (nSPS) is 20.5. The molecule has 1 fully saturated rings. The Morgan fingerprint density at radius 1 is 1.26 bits per heavy atom. The van der Waals surface area contributed by atoms with Crippen molar-refractivity contribution in [2.75, 3.05) is 13.1 Å². The fourth-order valence-corrected chi connectivity index (χ4v) is 2.81. The molecule has 0 aliphatic carbocycles. The molecule has 27 heavy (non-hydrogen) atoms. The van der Waals surface area contributed by atoms with Crippen molar-refractivity contribution in [3.05, 3.63) is 41.7 Å². The predicted octanol–water partition coefficient (Wildman–Crippen LogP) is 1.60. The first kappa shape index (κ1) is 18.8. The van der Waals surface area contributed by atoms with E-state index in [1.54, 1.807) is 6.92 Å². The van der Waals surface area contributed by atoms with Gasteiger partial charge in [-0.15, -0.1) is 5.10 Å². The number of para-hydroxylation sites is 1. The molecule has 1 saturated heterocycles. The molecule has 2 aromatic rings. The van der Waals surface area contributed by atoms with Crippen molar-refractivity contribution in [3.8, 4) is 5.69 Å². The topological polar surface area (TPSA) is 97.6 Å². The first-order chi connectivity index (χ1) is 12.7. The van der Waals surface area contributed by atoms with E-state index in [4.69, 9.17) is 9.84 Å². The van der Waals surface area contributed by atoms with Crippen LogP contribution in [0.3, 0.4) is 0 Å². The number of alkyl halides is 3. The highest BCUT2D eigenvalue weighted by molar-refractivity contribution is 5.92. The SMILES string of the molecule is C[C@@H]1CN(C(=O)c2cn(-c3ccccc3C(F)(F)F)nn2)CC(C(=O)O)O1. The summed E-state index contributed by atoms with van der Waals surface area (Å²) in [5.74, 6) is -1.84. The number of hydrogen-bond donors (Lipinski definition) is 1.